The normalized spacial score (nSPS) is 15.5. The zero-order valence-corrected chi connectivity index (χ0v) is 11.8. The smallest absolute Gasteiger partial charge is 0.284 e. The number of anilines is 1. The third-order valence-electron chi connectivity index (χ3n) is 3.83. The van der Waals surface area contributed by atoms with Crippen LogP contribution in [0.5, 0.6) is 0 Å². The molecule has 6 heteroatoms. The molecule has 0 unspecified atom stereocenters. The molecule has 1 saturated heterocycles. The van der Waals surface area contributed by atoms with Crippen molar-refractivity contribution >= 4 is 28.5 Å². The quantitative estimate of drug-likeness (QED) is 0.900. The number of primary amides is 1. The summed E-state index contributed by atoms with van der Waals surface area (Å²) in [6, 6.07) is 7.44. The second-order valence-electron chi connectivity index (χ2n) is 5.19. The number of amides is 2. The number of carbonyl (C=O) groups is 2. The highest BCUT2D eigenvalue weighted by Gasteiger charge is 2.19. The maximum Gasteiger partial charge on any atom is 0.284 e. The van der Waals surface area contributed by atoms with Gasteiger partial charge in [-0.1, -0.05) is 0 Å². The van der Waals surface area contributed by atoms with Gasteiger partial charge < -0.3 is 20.0 Å². The van der Waals surface area contributed by atoms with Gasteiger partial charge in [0.2, 0.25) is 5.91 Å². The van der Waals surface area contributed by atoms with Crippen molar-refractivity contribution in [2.24, 2.45) is 5.73 Å². The second kappa shape index (κ2) is 5.12. The van der Waals surface area contributed by atoms with Gasteiger partial charge in [-0.15, -0.1) is 0 Å². The lowest BCUT2D eigenvalue weighted by Gasteiger charge is -2.35. The van der Waals surface area contributed by atoms with E-state index in [9.17, 15) is 9.59 Å². The van der Waals surface area contributed by atoms with Crippen molar-refractivity contribution < 1.29 is 14.0 Å². The number of fused-ring (bicyclic) bond motifs is 1. The summed E-state index contributed by atoms with van der Waals surface area (Å²) in [6.07, 6.45) is 0. The molecule has 0 spiro atoms. The molecular formula is C15H17N3O3. The Morgan fingerprint density at radius 3 is 2.48 bits per heavy atom. The van der Waals surface area contributed by atoms with Gasteiger partial charge >= 0.3 is 0 Å². The number of nitrogens with two attached hydrogens (primary N) is 1. The monoisotopic (exact) mass is 287 g/mol. The Balaban J connectivity index is 1.81. The van der Waals surface area contributed by atoms with E-state index in [-0.39, 0.29) is 11.7 Å². The molecule has 0 bridgehead atoms. The minimum atomic E-state index is -0.567. The van der Waals surface area contributed by atoms with Crippen molar-refractivity contribution in [3.63, 3.8) is 0 Å². The van der Waals surface area contributed by atoms with Gasteiger partial charge in [-0.25, -0.2) is 0 Å². The zero-order valence-electron chi connectivity index (χ0n) is 11.8. The summed E-state index contributed by atoms with van der Waals surface area (Å²) >= 11 is 0. The lowest BCUT2D eigenvalue weighted by molar-refractivity contribution is -0.129. The molecule has 1 aromatic carbocycles. The number of rotatable bonds is 2. The van der Waals surface area contributed by atoms with Crippen LogP contribution in [-0.2, 0) is 4.79 Å². The second-order valence-corrected chi connectivity index (χ2v) is 5.19. The molecule has 6 nitrogen and oxygen atoms in total. The van der Waals surface area contributed by atoms with Crippen LogP contribution in [0.1, 0.15) is 17.5 Å². The molecule has 0 aliphatic carbocycles. The van der Waals surface area contributed by atoms with Crippen LogP contribution < -0.4 is 10.6 Å². The molecule has 2 amide bonds. The van der Waals surface area contributed by atoms with Crippen molar-refractivity contribution in [1.82, 2.24) is 4.90 Å². The largest absolute Gasteiger partial charge is 0.451 e. The summed E-state index contributed by atoms with van der Waals surface area (Å²) in [4.78, 5) is 26.5. The SMILES string of the molecule is CC(=O)N1CCN(c2ccc3oc(C(N)=O)cc3c2)CC1. The molecule has 2 aromatic rings. The van der Waals surface area contributed by atoms with Crippen molar-refractivity contribution in [3.05, 3.63) is 30.0 Å². The van der Waals surface area contributed by atoms with Crippen molar-refractivity contribution in [3.8, 4) is 0 Å². The maximum atomic E-state index is 11.3. The van der Waals surface area contributed by atoms with Crippen molar-refractivity contribution in [2.75, 3.05) is 31.1 Å². The standard InChI is InChI=1S/C15H17N3O3/c1-10(19)17-4-6-18(7-5-17)12-2-3-13-11(8-12)9-14(21-13)15(16)20/h2-3,8-9H,4-7H2,1H3,(H2,16,20). The molecule has 1 aliphatic heterocycles. The topological polar surface area (TPSA) is 79.8 Å². The number of hydrogen-bond donors (Lipinski definition) is 1. The molecule has 2 N–H and O–H groups in total. The Morgan fingerprint density at radius 1 is 1.14 bits per heavy atom. The first-order valence-electron chi connectivity index (χ1n) is 6.88. The highest BCUT2D eigenvalue weighted by Crippen LogP contribution is 2.25. The molecular weight excluding hydrogens is 270 g/mol. The molecule has 1 aliphatic rings. The first kappa shape index (κ1) is 13.5. The molecule has 110 valence electrons. The molecule has 0 saturated carbocycles. The summed E-state index contributed by atoms with van der Waals surface area (Å²) in [5, 5.41) is 0.857. The summed E-state index contributed by atoms with van der Waals surface area (Å²) in [6.45, 7) is 4.65. The molecule has 2 heterocycles. The third kappa shape index (κ3) is 2.56. The number of furan rings is 1. The fraction of sp³-hybridized carbons (Fsp3) is 0.333. The zero-order chi connectivity index (χ0) is 15.0. The fourth-order valence-corrected chi connectivity index (χ4v) is 2.63. The van der Waals surface area contributed by atoms with E-state index in [1.165, 1.54) is 0 Å². The van der Waals surface area contributed by atoms with Crippen LogP contribution in [0.15, 0.2) is 28.7 Å². The van der Waals surface area contributed by atoms with Crippen LogP contribution in [0.3, 0.4) is 0 Å². The van der Waals surface area contributed by atoms with Gasteiger partial charge in [-0.2, -0.15) is 0 Å². The highest BCUT2D eigenvalue weighted by atomic mass is 16.3. The Labute approximate surface area is 122 Å². The van der Waals surface area contributed by atoms with Gasteiger partial charge in [0.15, 0.2) is 5.76 Å². The van der Waals surface area contributed by atoms with Gasteiger partial charge in [0.05, 0.1) is 0 Å². The van der Waals surface area contributed by atoms with Crippen LogP contribution in [0.25, 0.3) is 11.0 Å². The summed E-state index contributed by atoms with van der Waals surface area (Å²) in [7, 11) is 0. The predicted molar refractivity (Wildman–Crippen MR) is 79.2 cm³/mol. The number of nitrogens with zero attached hydrogens (tertiary/aromatic N) is 2. The molecule has 21 heavy (non-hydrogen) atoms. The van der Waals surface area contributed by atoms with Crippen molar-refractivity contribution in [1.29, 1.82) is 0 Å². The van der Waals surface area contributed by atoms with Crippen LogP contribution in [0.2, 0.25) is 0 Å². The van der Waals surface area contributed by atoms with Crippen molar-refractivity contribution in [2.45, 2.75) is 6.92 Å². The van der Waals surface area contributed by atoms with E-state index in [1.807, 2.05) is 23.1 Å². The molecule has 0 radical (unpaired) electrons. The van der Waals surface area contributed by atoms with Gasteiger partial charge in [-0.3, -0.25) is 9.59 Å². The molecule has 0 atom stereocenters. The van der Waals surface area contributed by atoms with Gasteiger partial charge in [0, 0.05) is 44.2 Å². The van der Waals surface area contributed by atoms with E-state index in [1.54, 1.807) is 13.0 Å². The van der Waals surface area contributed by atoms with E-state index in [0.29, 0.717) is 5.58 Å². The fourth-order valence-electron chi connectivity index (χ4n) is 2.63. The highest BCUT2D eigenvalue weighted by molar-refractivity contribution is 5.95. The van der Waals surface area contributed by atoms with Crippen LogP contribution >= 0.6 is 0 Å². The minimum absolute atomic E-state index is 0.117. The van der Waals surface area contributed by atoms with E-state index in [0.717, 1.165) is 37.3 Å². The predicted octanol–water partition coefficient (Wildman–Crippen LogP) is 1.20. The lowest BCUT2D eigenvalue weighted by atomic mass is 10.2. The average Bonchev–Trinajstić information content (AvgIpc) is 2.90. The van der Waals surface area contributed by atoms with Crippen LogP contribution in [0.4, 0.5) is 5.69 Å². The third-order valence-corrected chi connectivity index (χ3v) is 3.83. The van der Waals surface area contributed by atoms with E-state index in [4.69, 9.17) is 10.2 Å². The molecule has 3 rings (SSSR count). The summed E-state index contributed by atoms with van der Waals surface area (Å²) in [5.74, 6) is -0.280. The Morgan fingerprint density at radius 2 is 1.86 bits per heavy atom. The molecule has 1 fully saturated rings. The van der Waals surface area contributed by atoms with E-state index < -0.39 is 5.91 Å². The average molecular weight is 287 g/mol. The van der Waals surface area contributed by atoms with E-state index in [2.05, 4.69) is 4.90 Å². The van der Waals surface area contributed by atoms with Gasteiger partial charge in [0.1, 0.15) is 5.58 Å². The molecule has 1 aromatic heterocycles. The summed E-state index contributed by atoms with van der Waals surface area (Å²) in [5.41, 5.74) is 6.93. The Hall–Kier alpha value is -2.50. The maximum absolute atomic E-state index is 11.3. The Bertz CT molecular complexity index is 699. The summed E-state index contributed by atoms with van der Waals surface area (Å²) < 4.78 is 5.37. The van der Waals surface area contributed by atoms with Gasteiger partial charge in [-0.05, 0) is 24.3 Å². The van der Waals surface area contributed by atoms with Crippen LogP contribution in [0, 0.1) is 0 Å². The number of carbonyl (C=O) groups excluding carboxylic acids is 2. The first-order chi connectivity index (χ1) is 10.0. The van der Waals surface area contributed by atoms with Gasteiger partial charge in [0.25, 0.3) is 5.91 Å². The Kier molecular flexibility index (Phi) is 3.29. The van der Waals surface area contributed by atoms with E-state index >= 15 is 0 Å². The number of hydrogen-bond acceptors (Lipinski definition) is 4. The lowest BCUT2D eigenvalue weighted by Crippen LogP contribution is -2.48. The van der Waals surface area contributed by atoms with Crippen LogP contribution in [-0.4, -0.2) is 42.9 Å². The number of piperazine rings is 1. The number of benzene rings is 1. The minimum Gasteiger partial charge on any atom is -0.451 e. The first-order valence-corrected chi connectivity index (χ1v) is 6.88.